The molecule has 6 nitrogen and oxygen atoms in total. The Morgan fingerprint density at radius 1 is 1.26 bits per heavy atom. The molecule has 2 aliphatic heterocycles. The number of pyridine rings is 1. The third-order valence-corrected chi connectivity index (χ3v) is 4.60. The van der Waals surface area contributed by atoms with Crippen LogP contribution in [0.5, 0.6) is 0 Å². The predicted molar refractivity (Wildman–Crippen MR) is 86.6 cm³/mol. The molecular formula is C17H20N4O2. The highest BCUT2D eigenvalue weighted by Crippen LogP contribution is 2.26. The van der Waals surface area contributed by atoms with E-state index in [-0.39, 0.29) is 11.6 Å². The zero-order chi connectivity index (χ0) is 16.0. The minimum atomic E-state index is 0.114. The van der Waals surface area contributed by atoms with E-state index in [2.05, 4.69) is 20.9 Å². The molecule has 2 aromatic heterocycles. The van der Waals surface area contributed by atoms with Gasteiger partial charge in [0.1, 0.15) is 11.6 Å². The van der Waals surface area contributed by atoms with Gasteiger partial charge in [0.25, 0.3) is 5.56 Å². The van der Waals surface area contributed by atoms with Crippen molar-refractivity contribution < 1.29 is 4.74 Å². The van der Waals surface area contributed by atoms with Gasteiger partial charge < -0.3 is 14.2 Å². The highest BCUT2D eigenvalue weighted by atomic mass is 16.5. The second-order valence-electron chi connectivity index (χ2n) is 6.32. The maximum atomic E-state index is 12.8. The van der Waals surface area contributed by atoms with Gasteiger partial charge in [0.05, 0.1) is 19.2 Å². The number of nitrogens with zero attached hydrogens (tertiary/aromatic N) is 4. The first-order valence-corrected chi connectivity index (χ1v) is 7.99. The van der Waals surface area contributed by atoms with Crippen LogP contribution in [0.4, 0.5) is 5.82 Å². The zero-order valence-electron chi connectivity index (χ0n) is 13.5. The number of fused-ring (bicyclic) bond motifs is 1. The van der Waals surface area contributed by atoms with Gasteiger partial charge in [0, 0.05) is 36.7 Å². The molecule has 1 saturated heterocycles. The van der Waals surface area contributed by atoms with Crippen molar-refractivity contribution in [3.05, 3.63) is 51.3 Å². The van der Waals surface area contributed by atoms with Gasteiger partial charge in [-0.1, -0.05) is 0 Å². The van der Waals surface area contributed by atoms with Gasteiger partial charge >= 0.3 is 0 Å². The molecule has 4 heterocycles. The molecule has 0 unspecified atom stereocenters. The van der Waals surface area contributed by atoms with Crippen LogP contribution in [-0.2, 0) is 17.8 Å². The Hall–Kier alpha value is -2.21. The molecule has 0 saturated carbocycles. The normalized spacial score (nSPS) is 20.1. The Balaban J connectivity index is 1.67. The molecule has 0 aliphatic carbocycles. The summed E-state index contributed by atoms with van der Waals surface area (Å²) in [6.07, 6.45) is 2.83. The van der Waals surface area contributed by atoms with Crippen LogP contribution in [0.1, 0.15) is 35.1 Å². The van der Waals surface area contributed by atoms with Crippen molar-refractivity contribution in [1.82, 2.24) is 14.5 Å². The molecule has 120 valence electrons. The third-order valence-electron chi connectivity index (χ3n) is 4.60. The highest BCUT2D eigenvalue weighted by molar-refractivity contribution is 5.47. The Morgan fingerprint density at radius 3 is 2.87 bits per heavy atom. The summed E-state index contributed by atoms with van der Waals surface area (Å²) in [5.41, 5.74) is 3.04. The first kappa shape index (κ1) is 14.4. The van der Waals surface area contributed by atoms with E-state index in [4.69, 9.17) is 4.74 Å². The van der Waals surface area contributed by atoms with Crippen LogP contribution in [0.2, 0.25) is 0 Å². The standard InChI is InChI=1S/C17H20N4O2/c1-11-7-16(19-12(2)18-11)20-8-13-3-5-21(14-4-6-23-10-14)17(22)15(13)9-20/h3,5,7,14H,4,6,8-10H2,1-2H3/t14-/m0/s1. The van der Waals surface area contributed by atoms with Crippen LogP contribution in [0.15, 0.2) is 23.1 Å². The summed E-state index contributed by atoms with van der Waals surface area (Å²) in [6.45, 7) is 6.56. The zero-order valence-corrected chi connectivity index (χ0v) is 13.5. The summed E-state index contributed by atoms with van der Waals surface area (Å²) < 4.78 is 7.25. The molecule has 1 atom stereocenters. The molecule has 0 amide bonds. The lowest BCUT2D eigenvalue weighted by Crippen LogP contribution is -2.28. The van der Waals surface area contributed by atoms with Gasteiger partial charge in [-0.25, -0.2) is 9.97 Å². The molecule has 0 N–H and O–H groups in total. The second-order valence-corrected chi connectivity index (χ2v) is 6.32. The van der Waals surface area contributed by atoms with E-state index < -0.39 is 0 Å². The smallest absolute Gasteiger partial charge is 0.256 e. The van der Waals surface area contributed by atoms with Crippen LogP contribution in [0, 0.1) is 13.8 Å². The molecule has 2 aliphatic rings. The van der Waals surface area contributed by atoms with E-state index in [0.717, 1.165) is 48.0 Å². The minimum Gasteiger partial charge on any atom is -0.379 e. The van der Waals surface area contributed by atoms with Gasteiger partial charge in [0.15, 0.2) is 0 Å². The molecule has 0 spiro atoms. The molecule has 0 radical (unpaired) electrons. The van der Waals surface area contributed by atoms with Crippen molar-refractivity contribution in [3.63, 3.8) is 0 Å². The lowest BCUT2D eigenvalue weighted by atomic mass is 10.1. The SMILES string of the molecule is Cc1cc(N2Cc3ccn([C@H]4CCOC4)c(=O)c3C2)nc(C)n1. The first-order valence-electron chi connectivity index (χ1n) is 7.99. The molecule has 2 aromatic rings. The van der Waals surface area contributed by atoms with E-state index in [1.807, 2.05) is 30.7 Å². The van der Waals surface area contributed by atoms with Crippen LogP contribution in [0.3, 0.4) is 0 Å². The molecular weight excluding hydrogens is 292 g/mol. The van der Waals surface area contributed by atoms with Crippen LogP contribution < -0.4 is 10.5 Å². The second kappa shape index (κ2) is 5.45. The van der Waals surface area contributed by atoms with Gasteiger partial charge in [-0.05, 0) is 31.9 Å². The Bertz CT molecular complexity index is 788. The number of hydrogen-bond acceptors (Lipinski definition) is 5. The Morgan fingerprint density at radius 2 is 2.13 bits per heavy atom. The fraction of sp³-hybridized carbons (Fsp3) is 0.471. The Labute approximate surface area is 134 Å². The van der Waals surface area contributed by atoms with E-state index in [1.165, 1.54) is 0 Å². The monoisotopic (exact) mass is 312 g/mol. The number of anilines is 1. The lowest BCUT2D eigenvalue weighted by Gasteiger charge is -2.17. The molecule has 23 heavy (non-hydrogen) atoms. The summed E-state index contributed by atoms with van der Waals surface area (Å²) in [5, 5.41) is 0. The van der Waals surface area contributed by atoms with Crippen molar-refractivity contribution in [2.45, 2.75) is 39.4 Å². The quantitative estimate of drug-likeness (QED) is 0.845. The molecule has 4 rings (SSSR count). The predicted octanol–water partition coefficient (Wildman–Crippen LogP) is 1.74. The van der Waals surface area contributed by atoms with Crippen molar-refractivity contribution >= 4 is 5.82 Å². The fourth-order valence-corrected chi connectivity index (χ4v) is 3.45. The summed E-state index contributed by atoms with van der Waals surface area (Å²) in [6, 6.07) is 4.21. The molecule has 1 fully saturated rings. The minimum absolute atomic E-state index is 0.114. The van der Waals surface area contributed by atoms with Crippen LogP contribution in [0.25, 0.3) is 0 Å². The van der Waals surface area contributed by atoms with E-state index >= 15 is 0 Å². The molecule has 0 aromatic carbocycles. The van der Waals surface area contributed by atoms with Gasteiger partial charge in [-0.3, -0.25) is 4.79 Å². The average Bonchev–Trinajstić information content (AvgIpc) is 3.16. The largest absolute Gasteiger partial charge is 0.379 e. The maximum absolute atomic E-state index is 12.8. The third kappa shape index (κ3) is 2.53. The summed E-state index contributed by atoms with van der Waals surface area (Å²) in [4.78, 5) is 23.8. The van der Waals surface area contributed by atoms with Crippen LogP contribution >= 0.6 is 0 Å². The summed E-state index contributed by atoms with van der Waals surface area (Å²) in [5.74, 6) is 1.65. The highest BCUT2D eigenvalue weighted by Gasteiger charge is 2.26. The maximum Gasteiger partial charge on any atom is 0.256 e. The van der Waals surface area contributed by atoms with E-state index in [0.29, 0.717) is 13.2 Å². The van der Waals surface area contributed by atoms with Gasteiger partial charge in [-0.15, -0.1) is 0 Å². The van der Waals surface area contributed by atoms with Crippen molar-refractivity contribution in [1.29, 1.82) is 0 Å². The summed E-state index contributed by atoms with van der Waals surface area (Å²) in [7, 11) is 0. The molecule has 0 bridgehead atoms. The van der Waals surface area contributed by atoms with Crippen molar-refractivity contribution in [2.75, 3.05) is 18.1 Å². The van der Waals surface area contributed by atoms with E-state index in [9.17, 15) is 4.79 Å². The number of hydrogen-bond donors (Lipinski definition) is 0. The van der Waals surface area contributed by atoms with Gasteiger partial charge in [-0.2, -0.15) is 0 Å². The summed E-state index contributed by atoms with van der Waals surface area (Å²) >= 11 is 0. The number of aryl methyl sites for hydroxylation is 2. The fourth-order valence-electron chi connectivity index (χ4n) is 3.45. The van der Waals surface area contributed by atoms with Crippen molar-refractivity contribution in [2.24, 2.45) is 0 Å². The topological polar surface area (TPSA) is 60.2 Å². The Kier molecular flexibility index (Phi) is 3.41. The molecule has 6 heteroatoms. The van der Waals surface area contributed by atoms with Crippen molar-refractivity contribution in [3.8, 4) is 0 Å². The number of ether oxygens (including phenoxy) is 1. The number of rotatable bonds is 2. The number of aromatic nitrogens is 3. The van der Waals surface area contributed by atoms with Gasteiger partial charge in [0.2, 0.25) is 0 Å². The first-order chi connectivity index (χ1) is 11.1. The average molecular weight is 312 g/mol. The van der Waals surface area contributed by atoms with Crippen LogP contribution in [-0.4, -0.2) is 27.7 Å². The lowest BCUT2D eigenvalue weighted by molar-refractivity contribution is 0.186. The van der Waals surface area contributed by atoms with E-state index in [1.54, 1.807) is 0 Å².